The Balaban J connectivity index is 2.38. The van der Waals surface area contributed by atoms with Gasteiger partial charge in [-0.15, -0.1) is 0 Å². The van der Waals surface area contributed by atoms with Gasteiger partial charge in [0.1, 0.15) is 0 Å². The van der Waals surface area contributed by atoms with E-state index >= 15 is 0 Å². The third-order valence-corrected chi connectivity index (χ3v) is 4.38. The molecule has 1 atom stereocenters. The maximum absolute atomic E-state index is 6.32. The highest BCUT2D eigenvalue weighted by molar-refractivity contribution is 6.31. The minimum absolute atomic E-state index is 0.124. The van der Waals surface area contributed by atoms with Crippen molar-refractivity contribution in [2.45, 2.75) is 57.2 Å². The number of methoxy groups -OCH3 is 1. The molecule has 1 unspecified atom stereocenters. The van der Waals surface area contributed by atoms with Crippen LogP contribution in [0.2, 0.25) is 5.02 Å². The Bertz CT molecular complexity index is 415. The highest BCUT2D eigenvalue weighted by atomic mass is 35.5. The second-order valence-electron chi connectivity index (χ2n) is 5.18. The van der Waals surface area contributed by atoms with Crippen molar-refractivity contribution in [1.29, 1.82) is 0 Å². The Morgan fingerprint density at radius 3 is 2.79 bits per heavy atom. The van der Waals surface area contributed by atoms with Crippen molar-refractivity contribution in [3.8, 4) is 0 Å². The fraction of sp³-hybridized carbons (Fsp3) is 0.769. The number of aromatic nitrogens is 2. The van der Waals surface area contributed by atoms with Crippen LogP contribution < -0.4 is 11.3 Å². The quantitative estimate of drug-likeness (QED) is 0.623. The topological polar surface area (TPSA) is 65.1 Å². The summed E-state index contributed by atoms with van der Waals surface area (Å²) >= 11 is 6.32. The average molecular weight is 287 g/mol. The molecule has 0 radical (unpaired) electrons. The minimum atomic E-state index is -0.274. The second kappa shape index (κ2) is 6.22. The van der Waals surface area contributed by atoms with Gasteiger partial charge in [-0.3, -0.25) is 10.5 Å². The number of nitrogens with two attached hydrogens (primary N) is 1. The highest BCUT2D eigenvalue weighted by Crippen LogP contribution is 2.43. The van der Waals surface area contributed by atoms with Gasteiger partial charge in [0.05, 0.1) is 28.6 Å². The maximum atomic E-state index is 6.32. The molecule has 1 aliphatic rings. The van der Waals surface area contributed by atoms with Gasteiger partial charge in [0.25, 0.3) is 0 Å². The van der Waals surface area contributed by atoms with Crippen LogP contribution >= 0.6 is 11.6 Å². The van der Waals surface area contributed by atoms with Crippen LogP contribution in [0.3, 0.4) is 0 Å². The van der Waals surface area contributed by atoms with Crippen molar-refractivity contribution in [2.24, 2.45) is 5.84 Å². The van der Waals surface area contributed by atoms with E-state index in [-0.39, 0.29) is 11.6 Å². The first-order chi connectivity index (χ1) is 9.18. The van der Waals surface area contributed by atoms with Crippen LogP contribution in [0.5, 0.6) is 0 Å². The molecule has 1 aliphatic carbocycles. The summed E-state index contributed by atoms with van der Waals surface area (Å²) in [5.74, 6) is 5.81. The number of hydrogen-bond acceptors (Lipinski definition) is 4. The zero-order valence-corrected chi connectivity index (χ0v) is 12.4. The molecule has 1 aromatic heterocycles. The van der Waals surface area contributed by atoms with E-state index < -0.39 is 0 Å². The number of aryl methyl sites for hydroxylation is 1. The zero-order valence-electron chi connectivity index (χ0n) is 11.7. The molecule has 19 heavy (non-hydrogen) atoms. The van der Waals surface area contributed by atoms with Crippen LogP contribution in [0, 0.1) is 0 Å². The number of rotatable bonds is 6. The van der Waals surface area contributed by atoms with E-state index in [1.165, 1.54) is 0 Å². The molecule has 0 amide bonds. The summed E-state index contributed by atoms with van der Waals surface area (Å²) in [6, 6.07) is -0.124. The molecule has 0 aromatic carbocycles. The lowest BCUT2D eigenvalue weighted by Crippen LogP contribution is -2.47. The molecule has 2 rings (SSSR count). The van der Waals surface area contributed by atoms with Gasteiger partial charge in [-0.2, -0.15) is 5.10 Å². The van der Waals surface area contributed by atoms with Crippen molar-refractivity contribution >= 4 is 11.6 Å². The molecule has 6 heteroatoms. The van der Waals surface area contributed by atoms with E-state index in [4.69, 9.17) is 22.2 Å². The predicted molar refractivity (Wildman–Crippen MR) is 75.8 cm³/mol. The van der Waals surface area contributed by atoms with Gasteiger partial charge in [0.15, 0.2) is 0 Å². The maximum Gasteiger partial charge on any atom is 0.0933 e. The molecule has 1 fully saturated rings. The molecular weight excluding hydrogens is 264 g/mol. The number of nitrogens with zero attached hydrogens (tertiary/aromatic N) is 2. The zero-order chi connectivity index (χ0) is 13.9. The number of halogens is 1. The van der Waals surface area contributed by atoms with Crippen LogP contribution in [0.1, 0.15) is 50.8 Å². The number of ether oxygens (including phenoxy) is 1. The molecule has 0 saturated heterocycles. The molecule has 1 aromatic rings. The second-order valence-corrected chi connectivity index (χ2v) is 5.58. The number of nitrogens with one attached hydrogen (secondary N) is 1. The standard InChI is InChI=1S/C13H23ClN4O/c1-3-8-18-11(10(14)9-16-18)12(17-15)13(19-2)6-4-5-7-13/h9,12,17H,3-8,15H2,1-2H3. The molecule has 108 valence electrons. The summed E-state index contributed by atoms with van der Waals surface area (Å²) < 4.78 is 7.76. The van der Waals surface area contributed by atoms with Gasteiger partial charge in [-0.05, 0) is 19.3 Å². The fourth-order valence-electron chi connectivity index (χ4n) is 3.11. The third kappa shape index (κ3) is 2.65. The average Bonchev–Trinajstić information content (AvgIpc) is 3.02. The van der Waals surface area contributed by atoms with E-state index in [1.807, 2.05) is 4.68 Å². The number of hydrogen-bond donors (Lipinski definition) is 2. The molecule has 5 nitrogen and oxygen atoms in total. The van der Waals surface area contributed by atoms with Gasteiger partial charge in [0.2, 0.25) is 0 Å². The largest absolute Gasteiger partial charge is 0.376 e. The van der Waals surface area contributed by atoms with Crippen molar-refractivity contribution in [3.05, 3.63) is 16.9 Å². The Labute approximate surface area is 119 Å². The van der Waals surface area contributed by atoms with Crippen LogP contribution in [0.15, 0.2) is 6.20 Å². The molecule has 1 heterocycles. The summed E-state index contributed by atoms with van der Waals surface area (Å²) in [7, 11) is 1.75. The first-order valence-electron chi connectivity index (χ1n) is 6.91. The molecule has 0 aliphatic heterocycles. The molecular formula is C13H23ClN4O. The Morgan fingerprint density at radius 2 is 2.26 bits per heavy atom. The SMILES string of the molecule is CCCn1ncc(Cl)c1C(NN)C1(OC)CCCC1. The Kier molecular flexibility index (Phi) is 4.84. The Hall–Kier alpha value is -0.620. The fourth-order valence-corrected chi connectivity index (χ4v) is 3.36. The van der Waals surface area contributed by atoms with Gasteiger partial charge < -0.3 is 4.74 Å². The predicted octanol–water partition coefficient (Wildman–Crippen LogP) is 2.41. The molecule has 1 saturated carbocycles. The van der Waals surface area contributed by atoms with Crippen molar-refractivity contribution in [2.75, 3.05) is 7.11 Å². The lowest BCUT2D eigenvalue weighted by Gasteiger charge is -2.36. The lowest BCUT2D eigenvalue weighted by atomic mass is 9.90. The summed E-state index contributed by atoms with van der Waals surface area (Å²) in [4.78, 5) is 0. The molecule has 0 spiro atoms. The first kappa shape index (κ1) is 14.8. The van der Waals surface area contributed by atoms with Crippen LogP contribution in [0.25, 0.3) is 0 Å². The van der Waals surface area contributed by atoms with E-state index in [0.29, 0.717) is 5.02 Å². The van der Waals surface area contributed by atoms with E-state index in [0.717, 1.165) is 44.3 Å². The first-order valence-corrected chi connectivity index (χ1v) is 7.28. The van der Waals surface area contributed by atoms with Crippen LogP contribution in [-0.4, -0.2) is 22.5 Å². The Morgan fingerprint density at radius 1 is 1.58 bits per heavy atom. The third-order valence-electron chi connectivity index (χ3n) is 4.09. The van der Waals surface area contributed by atoms with Gasteiger partial charge >= 0.3 is 0 Å². The number of hydrazine groups is 1. The normalized spacial score (nSPS) is 19.8. The van der Waals surface area contributed by atoms with Crippen molar-refractivity contribution < 1.29 is 4.74 Å². The minimum Gasteiger partial charge on any atom is -0.376 e. The summed E-state index contributed by atoms with van der Waals surface area (Å²) in [5, 5.41) is 5.00. The smallest absolute Gasteiger partial charge is 0.0933 e. The van der Waals surface area contributed by atoms with Crippen molar-refractivity contribution in [1.82, 2.24) is 15.2 Å². The van der Waals surface area contributed by atoms with Gasteiger partial charge in [0, 0.05) is 13.7 Å². The van der Waals surface area contributed by atoms with Crippen molar-refractivity contribution in [3.63, 3.8) is 0 Å². The lowest BCUT2D eigenvalue weighted by molar-refractivity contribution is -0.0390. The van der Waals surface area contributed by atoms with Gasteiger partial charge in [-0.25, -0.2) is 5.43 Å². The van der Waals surface area contributed by atoms with Gasteiger partial charge in [-0.1, -0.05) is 31.4 Å². The van der Waals surface area contributed by atoms with E-state index in [2.05, 4.69) is 17.4 Å². The van der Waals surface area contributed by atoms with Crippen LogP contribution in [-0.2, 0) is 11.3 Å². The van der Waals surface area contributed by atoms with Crippen LogP contribution in [0.4, 0.5) is 0 Å². The van der Waals surface area contributed by atoms with E-state index in [9.17, 15) is 0 Å². The van der Waals surface area contributed by atoms with E-state index in [1.54, 1.807) is 13.3 Å². The summed E-state index contributed by atoms with van der Waals surface area (Å²) in [5.41, 5.74) is 3.57. The molecule has 3 N–H and O–H groups in total. The summed E-state index contributed by atoms with van der Waals surface area (Å²) in [6.07, 6.45) is 6.99. The monoisotopic (exact) mass is 286 g/mol. The highest BCUT2D eigenvalue weighted by Gasteiger charge is 2.44. The summed E-state index contributed by atoms with van der Waals surface area (Å²) in [6.45, 7) is 2.95. The molecule has 0 bridgehead atoms.